The number of hydroxylamine groups is 2. The van der Waals surface area contributed by atoms with Gasteiger partial charge in [-0.1, -0.05) is 42.5 Å². The molecule has 5 rings (SSSR count). The van der Waals surface area contributed by atoms with E-state index < -0.39 is 0 Å². The summed E-state index contributed by atoms with van der Waals surface area (Å²) in [5.41, 5.74) is 3.45. The van der Waals surface area contributed by atoms with Gasteiger partial charge in [-0.25, -0.2) is 5.06 Å². The SMILES string of the molecule is CON(C)C(=O)c1cc2cc(C)c(C(=O)NC3(c4cccc5ccccc45)CC3)cc2[nH]1. The van der Waals surface area contributed by atoms with E-state index in [0.717, 1.165) is 39.9 Å². The van der Waals surface area contributed by atoms with Crippen molar-refractivity contribution >= 4 is 33.5 Å². The molecular weight excluding hydrogens is 402 g/mol. The Bertz CT molecular complexity index is 1360. The molecule has 6 heteroatoms. The number of hydrogen-bond donors (Lipinski definition) is 2. The van der Waals surface area contributed by atoms with Crippen LogP contribution in [-0.4, -0.2) is 36.0 Å². The number of fused-ring (bicyclic) bond motifs is 2. The molecule has 1 saturated carbocycles. The lowest BCUT2D eigenvalue weighted by molar-refractivity contribution is -0.0759. The van der Waals surface area contributed by atoms with E-state index in [1.165, 1.54) is 17.9 Å². The molecule has 1 aromatic heterocycles. The highest BCUT2D eigenvalue weighted by Gasteiger charge is 2.46. The van der Waals surface area contributed by atoms with Crippen LogP contribution >= 0.6 is 0 Å². The van der Waals surface area contributed by atoms with Gasteiger partial charge < -0.3 is 10.3 Å². The van der Waals surface area contributed by atoms with Crippen molar-refractivity contribution in [3.8, 4) is 0 Å². The smallest absolute Gasteiger partial charge is 0.293 e. The van der Waals surface area contributed by atoms with Crippen molar-refractivity contribution in [1.82, 2.24) is 15.4 Å². The number of rotatable bonds is 5. The van der Waals surface area contributed by atoms with E-state index in [-0.39, 0.29) is 17.4 Å². The molecule has 0 saturated heterocycles. The van der Waals surface area contributed by atoms with E-state index in [9.17, 15) is 9.59 Å². The second kappa shape index (κ2) is 7.50. The average molecular weight is 428 g/mol. The minimum atomic E-state index is -0.336. The molecule has 6 nitrogen and oxygen atoms in total. The van der Waals surface area contributed by atoms with Crippen LogP contribution in [0.3, 0.4) is 0 Å². The van der Waals surface area contributed by atoms with Gasteiger partial charge >= 0.3 is 0 Å². The molecule has 0 atom stereocenters. The number of nitrogens with one attached hydrogen (secondary N) is 2. The lowest BCUT2D eigenvalue weighted by Crippen LogP contribution is -2.35. The molecule has 32 heavy (non-hydrogen) atoms. The minimum Gasteiger partial charge on any atom is -0.350 e. The van der Waals surface area contributed by atoms with Crippen molar-refractivity contribution < 1.29 is 14.4 Å². The fraction of sp³-hybridized carbons (Fsp3) is 0.231. The summed E-state index contributed by atoms with van der Waals surface area (Å²) in [6.07, 6.45) is 1.83. The summed E-state index contributed by atoms with van der Waals surface area (Å²) in [7, 11) is 3.00. The van der Waals surface area contributed by atoms with Crippen LogP contribution in [0.1, 0.15) is 44.8 Å². The Morgan fingerprint density at radius 2 is 1.78 bits per heavy atom. The van der Waals surface area contributed by atoms with Crippen molar-refractivity contribution in [2.75, 3.05) is 14.2 Å². The standard InChI is InChI=1S/C26H25N3O3/c1-16-13-18-14-23(25(31)29(2)32-3)27-22(18)15-20(16)24(30)28-26(11-12-26)21-10-6-8-17-7-4-5-9-19(17)21/h4-10,13-15,27H,11-12H2,1-3H3,(H,28,30). The number of carbonyl (C=O) groups excluding carboxylic acids is 2. The van der Waals surface area contributed by atoms with Crippen molar-refractivity contribution in [1.29, 1.82) is 0 Å². The molecule has 1 aliphatic carbocycles. The molecule has 1 fully saturated rings. The number of aromatic amines is 1. The molecule has 0 unspecified atom stereocenters. The first-order chi connectivity index (χ1) is 15.4. The molecule has 0 aliphatic heterocycles. The van der Waals surface area contributed by atoms with Crippen LogP contribution in [0.25, 0.3) is 21.7 Å². The molecule has 4 aromatic rings. The second-order valence-electron chi connectivity index (χ2n) is 8.49. The van der Waals surface area contributed by atoms with Crippen molar-refractivity contribution in [3.63, 3.8) is 0 Å². The minimum absolute atomic E-state index is 0.105. The van der Waals surface area contributed by atoms with E-state index in [4.69, 9.17) is 4.84 Å². The molecule has 0 bridgehead atoms. The monoisotopic (exact) mass is 427 g/mol. The zero-order valence-electron chi connectivity index (χ0n) is 18.4. The fourth-order valence-corrected chi connectivity index (χ4v) is 4.42. The highest BCUT2D eigenvalue weighted by molar-refractivity contribution is 6.03. The molecule has 1 aliphatic rings. The van der Waals surface area contributed by atoms with E-state index >= 15 is 0 Å². The number of benzene rings is 3. The largest absolute Gasteiger partial charge is 0.350 e. The summed E-state index contributed by atoms with van der Waals surface area (Å²) in [5, 5.41) is 7.69. The maximum absolute atomic E-state index is 13.3. The summed E-state index contributed by atoms with van der Waals surface area (Å²) < 4.78 is 0. The average Bonchev–Trinajstić information content (AvgIpc) is 3.46. The first kappa shape index (κ1) is 20.3. The zero-order chi connectivity index (χ0) is 22.5. The van der Waals surface area contributed by atoms with E-state index in [2.05, 4.69) is 40.6 Å². The Hall–Kier alpha value is -3.64. The highest BCUT2D eigenvalue weighted by atomic mass is 16.7. The van der Waals surface area contributed by atoms with E-state index in [0.29, 0.717) is 11.3 Å². The van der Waals surface area contributed by atoms with Crippen LogP contribution in [0, 0.1) is 6.92 Å². The Kier molecular flexibility index (Phi) is 4.75. The van der Waals surface area contributed by atoms with Gasteiger partial charge in [0, 0.05) is 23.5 Å². The van der Waals surface area contributed by atoms with Crippen molar-refractivity contribution in [2.45, 2.75) is 25.3 Å². The first-order valence-electron chi connectivity index (χ1n) is 10.7. The fourth-order valence-electron chi connectivity index (χ4n) is 4.42. The Balaban J connectivity index is 1.47. The normalized spacial score (nSPS) is 14.5. The lowest BCUT2D eigenvalue weighted by atomic mass is 9.96. The van der Waals surface area contributed by atoms with Gasteiger partial charge in [-0.3, -0.25) is 14.4 Å². The molecular formula is C26H25N3O3. The van der Waals surface area contributed by atoms with Gasteiger partial charge in [0.15, 0.2) is 0 Å². The molecule has 1 heterocycles. The number of nitrogens with zero attached hydrogens (tertiary/aromatic N) is 1. The Morgan fingerprint density at radius 1 is 1.03 bits per heavy atom. The van der Waals surface area contributed by atoms with Crippen LogP contribution in [0.4, 0.5) is 0 Å². The van der Waals surface area contributed by atoms with Gasteiger partial charge in [0.2, 0.25) is 0 Å². The van der Waals surface area contributed by atoms with Gasteiger partial charge in [0.25, 0.3) is 11.8 Å². The number of aromatic nitrogens is 1. The Labute approximate surface area is 186 Å². The molecule has 2 N–H and O–H groups in total. The summed E-state index contributed by atoms with van der Waals surface area (Å²) in [4.78, 5) is 33.8. The van der Waals surface area contributed by atoms with Gasteiger partial charge in [0.05, 0.1) is 12.6 Å². The molecule has 162 valence electrons. The number of carbonyl (C=O) groups is 2. The second-order valence-corrected chi connectivity index (χ2v) is 8.49. The van der Waals surface area contributed by atoms with Crippen LogP contribution in [0.2, 0.25) is 0 Å². The quantitative estimate of drug-likeness (QED) is 0.454. The maximum Gasteiger partial charge on any atom is 0.293 e. The number of hydrogen-bond acceptors (Lipinski definition) is 3. The number of aryl methyl sites for hydroxylation is 1. The third-order valence-corrected chi connectivity index (χ3v) is 6.41. The summed E-state index contributed by atoms with van der Waals surface area (Å²) in [6.45, 7) is 1.92. The summed E-state index contributed by atoms with van der Waals surface area (Å²) >= 11 is 0. The van der Waals surface area contributed by atoms with Crippen LogP contribution < -0.4 is 5.32 Å². The van der Waals surface area contributed by atoms with Crippen LogP contribution in [-0.2, 0) is 10.4 Å². The summed E-state index contributed by atoms with van der Waals surface area (Å²) in [6, 6.07) is 20.1. The third-order valence-electron chi connectivity index (χ3n) is 6.41. The van der Waals surface area contributed by atoms with E-state index in [1.807, 2.05) is 31.2 Å². The first-order valence-corrected chi connectivity index (χ1v) is 10.7. The van der Waals surface area contributed by atoms with Crippen molar-refractivity contribution in [2.24, 2.45) is 0 Å². The topological polar surface area (TPSA) is 74.4 Å². The van der Waals surface area contributed by atoms with Crippen LogP contribution in [0.15, 0.2) is 60.7 Å². The van der Waals surface area contributed by atoms with Gasteiger partial charge in [-0.2, -0.15) is 0 Å². The zero-order valence-corrected chi connectivity index (χ0v) is 18.4. The third kappa shape index (κ3) is 3.33. The Morgan fingerprint density at radius 3 is 2.53 bits per heavy atom. The van der Waals surface area contributed by atoms with E-state index in [1.54, 1.807) is 13.1 Å². The molecule has 2 amide bonds. The number of amides is 2. The predicted octanol–water partition coefficient (Wildman–Crippen LogP) is 4.68. The van der Waals surface area contributed by atoms with Crippen LogP contribution in [0.5, 0.6) is 0 Å². The van der Waals surface area contributed by atoms with Gasteiger partial charge in [0.1, 0.15) is 5.69 Å². The molecule has 3 aromatic carbocycles. The molecule has 0 radical (unpaired) electrons. The summed E-state index contributed by atoms with van der Waals surface area (Å²) in [5.74, 6) is -0.383. The predicted molar refractivity (Wildman–Crippen MR) is 124 cm³/mol. The highest BCUT2D eigenvalue weighted by Crippen LogP contribution is 2.48. The van der Waals surface area contributed by atoms with Crippen molar-refractivity contribution in [3.05, 3.63) is 83.0 Å². The number of H-pyrrole nitrogens is 1. The molecule has 0 spiro atoms. The van der Waals surface area contributed by atoms with Gasteiger partial charge in [-0.05, 0) is 59.9 Å². The lowest BCUT2D eigenvalue weighted by Gasteiger charge is -2.21. The van der Waals surface area contributed by atoms with Gasteiger partial charge in [-0.15, -0.1) is 0 Å². The maximum atomic E-state index is 13.3.